The van der Waals surface area contributed by atoms with Crippen LogP contribution in [-0.2, 0) is 9.53 Å². The second-order valence-corrected chi connectivity index (χ2v) is 6.88. The summed E-state index contributed by atoms with van der Waals surface area (Å²) < 4.78 is 63.6. The zero-order valence-corrected chi connectivity index (χ0v) is 14.7. The van der Waals surface area contributed by atoms with Crippen molar-refractivity contribution in [3.8, 4) is 5.75 Å². The lowest BCUT2D eigenvalue weighted by atomic mass is 9.92. The lowest BCUT2D eigenvalue weighted by Gasteiger charge is -2.28. The van der Waals surface area contributed by atoms with Crippen molar-refractivity contribution in [3.05, 3.63) is 30.1 Å². The number of halogens is 4. The molecule has 0 radical (unpaired) electrons. The number of benzene rings is 1. The van der Waals surface area contributed by atoms with E-state index in [1.807, 2.05) is 0 Å². The maximum Gasteiger partial charge on any atom is 0.426 e. The molecule has 152 valence electrons. The van der Waals surface area contributed by atoms with E-state index >= 15 is 0 Å². The zero-order valence-electron chi connectivity index (χ0n) is 13.9. The Bertz CT molecular complexity index is 816. The fourth-order valence-corrected chi connectivity index (χ4v) is 3.85. The number of likely N-dealkylation sites (tertiary alicyclic amines) is 1. The minimum absolute atomic E-state index is 0.0563. The molecular formula is C16H13F4NO6S. The van der Waals surface area contributed by atoms with E-state index in [2.05, 4.69) is 0 Å². The number of amides is 1. The van der Waals surface area contributed by atoms with Crippen LogP contribution in [0, 0.1) is 11.2 Å². The smallest absolute Gasteiger partial charge is 0.426 e. The average Bonchev–Trinajstić information content (AvgIpc) is 3.18. The van der Waals surface area contributed by atoms with Crippen LogP contribution in [0.1, 0.15) is 12.8 Å². The summed E-state index contributed by atoms with van der Waals surface area (Å²) in [6, 6.07) is 1.51. The predicted octanol–water partition coefficient (Wildman–Crippen LogP) is 3.03. The van der Waals surface area contributed by atoms with Gasteiger partial charge < -0.3 is 19.7 Å². The molecule has 2 N–H and O–H groups in total. The highest BCUT2D eigenvalue weighted by Crippen LogP contribution is 2.64. The maximum absolute atomic E-state index is 13.6. The van der Waals surface area contributed by atoms with E-state index in [0.717, 1.165) is 24.3 Å². The number of carboxylic acids is 1. The van der Waals surface area contributed by atoms with Gasteiger partial charge in [0.25, 0.3) is 0 Å². The summed E-state index contributed by atoms with van der Waals surface area (Å²) in [6.07, 6.45) is -9.91. The van der Waals surface area contributed by atoms with E-state index in [0.29, 0.717) is 4.90 Å². The van der Waals surface area contributed by atoms with Crippen LogP contribution in [0.5, 0.6) is 5.75 Å². The van der Waals surface area contributed by atoms with Crippen LogP contribution >= 0.6 is 12.2 Å². The largest absolute Gasteiger partial charge is 0.480 e. The Morgan fingerprint density at radius 2 is 1.82 bits per heavy atom. The van der Waals surface area contributed by atoms with Gasteiger partial charge in [-0.05, 0) is 37.1 Å². The summed E-state index contributed by atoms with van der Waals surface area (Å²) in [6.45, 7) is 0. The van der Waals surface area contributed by atoms with Gasteiger partial charge in [-0.1, -0.05) is 0 Å². The highest BCUT2D eigenvalue weighted by atomic mass is 32.1. The fourth-order valence-electron chi connectivity index (χ4n) is 3.66. The summed E-state index contributed by atoms with van der Waals surface area (Å²) >= 11 is 4.70. The molecule has 1 saturated heterocycles. The first kappa shape index (κ1) is 20.1. The van der Waals surface area contributed by atoms with Gasteiger partial charge in [0.15, 0.2) is 0 Å². The highest BCUT2D eigenvalue weighted by Gasteiger charge is 2.76. The van der Waals surface area contributed by atoms with Crippen molar-refractivity contribution in [3.63, 3.8) is 0 Å². The van der Waals surface area contributed by atoms with Crippen LogP contribution in [-0.4, -0.2) is 56.8 Å². The summed E-state index contributed by atoms with van der Waals surface area (Å²) in [7, 11) is 0. The molecule has 1 aliphatic heterocycles. The van der Waals surface area contributed by atoms with Gasteiger partial charge in [0.1, 0.15) is 17.6 Å². The second-order valence-electron chi connectivity index (χ2n) is 6.55. The fraction of sp³-hybridized carbons (Fsp3) is 0.438. The Morgan fingerprint density at radius 3 is 2.29 bits per heavy atom. The third-order valence-electron chi connectivity index (χ3n) is 4.88. The highest BCUT2D eigenvalue weighted by molar-refractivity contribution is 7.79. The average molecular weight is 423 g/mol. The first-order chi connectivity index (χ1) is 13.0. The van der Waals surface area contributed by atoms with Gasteiger partial charge in [0.05, 0.1) is 0 Å². The lowest BCUT2D eigenvalue weighted by molar-refractivity contribution is -0.221. The molecule has 1 aromatic carbocycles. The molecule has 7 nitrogen and oxygen atoms in total. The number of piperidine rings is 1. The molecule has 0 unspecified atom stereocenters. The predicted molar refractivity (Wildman–Crippen MR) is 87.3 cm³/mol. The molecule has 4 atom stereocenters. The second kappa shape index (κ2) is 6.76. The molecule has 1 heterocycles. The number of hydrogen-bond acceptors (Lipinski definition) is 5. The molecule has 0 bridgehead atoms. The van der Waals surface area contributed by atoms with Crippen molar-refractivity contribution in [1.82, 2.24) is 4.90 Å². The van der Waals surface area contributed by atoms with Gasteiger partial charge >= 0.3 is 23.5 Å². The van der Waals surface area contributed by atoms with Crippen LogP contribution < -0.4 is 4.74 Å². The molecule has 0 aromatic heterocycles. The number of rotatable bonds is 4. The van der Waals surface area contributed by atoms with Gasteiger partial charge in [-0.15, -0.1) is 0 Å². The zero-order chi connectivity index (χ0) is 20.9. The van der Waals surface area contributed by atoms with Crippen LogP contribution in [0.15, 0.2) is 24.3 Å². The first-order valence-corrected chi connectivity index (χ1v) is 8.31. The minimum atomic E-state index is -4.96. The van der Waals surface area contributed by atoms with E-state index < -0.39 is 59.3 Å². The normalized spacial score (nSPS) is 26.9. The van der Waals surface area contributed by atoms with Crippen molar-refractivity contribution in [2.75, 3.05) is 0 Å². The molecule has 12 heteroatoms. The Hall–Kier alpha value is -2.63. The van der Waals surface area contributed by atoms with Crippen LogP contribution in [0.3, 0.4) is 0 Å². The number of aliphatic carboxylic acids is 1. The number of nitrogens with zero attached hydrogens (tertiary/aromatic N) is 1. The van der Waals surface area contributed by atoms with E-state index in [9.17, 15) is 32.3 Å². The number of carbonyl (C=O) groups is 2. The van der Waals surface area contributed by atoms with Gasteiger partial charge in [-0.25, -0.2) is 14.0 Å². The number of carboxylic acid groups (broad SMARTS) is 2. The molecule has 2 fully saturated rings. The maximum atomic E-state index is 13.6. The van der Waals surface area contributed by atoms with Crippen molar-refractivity contribution in [2.24, 2.45) is 5.41 Å². The van der Waals surface area contributed by atoms with Crippen LogP contribution in [0.4, 0.5) is 22.4 Å². The van der Waals surface area contributed by atoms with Crippen LogP contribution in [0.2, 0.25) is 0 Å². The monoisotopic (exact) mass is 423 g/mol. The molecule has 28 heavy (non-hydrogen) atoms. The van der Waals surface area contributed by atoms with Gasteiger partial charge in [-0.2, -0.15) is 13.2 Å². The van der Waals surface area contributed by atoms with E-state index in [1.54, 1.807) is 0 Å². The summed E-state index contributed by atoms with van der Waals surface area (Å²) in [5, 5.41) is 17.5. The lowest BCUT2D eigenvalue weighted by Crippen LogP contribution is -2.43. The number of ether oxygens (including phenoxy) is 2. The van der Waals surface area contributed by atoms with Gasteiger partial charge in [-0.3, -0.25) is 4.90 Å². The molecule has 1 aromatic rings. The molecule has 0 spiro atoms. The van der Waals surface area contributed by atoms with Crippen molar-refractivity contribution in [1.29, 1.82) is 0 Å². The quantitative estimate of drug-likeness (QED) is 0.568. The van der Waals surface area contributed by atoms with Gasteiger partial charge in [0.2, 0.25) is 6.10 Å². The topological polar surface area (TPSA) is 96.3 Å². The third kappa shape index (κ3) is 3.55. The minimum Gasteiger partial charge on any atom is -0.480 e. The Morgan fingerprint density at radius 1 is 1.21 bits per heavy atom. The van der Waals surface area contributed by atoms with Crippen molar-refractivity contribution >= 4 is 29.5 Å². The number of fused-ring (bicyclic) bond motifs is 1. The third-order valence-corrected chi connectivity index (χ3v) is 5.06. The van der Waals surface area contributed by atoms with E-state index in [-0.39, 0.29) is 12.2 Å². The van der Waals surface area contributed by atoms with Crippen LogP contribution in [0.25, 0.3) is 0 Å². The van der Waals surface area contributed by atoms with E-state index in [1.165, 1.54) is 0 Å². The van der Waals surface area contributed by atoms with Crippen molar-refractivity contribution < 1.29 is 46.8 Å². The summed E-state index contributed by atoms with van der Waals surface area (Å²) in [5.41, 5.74) is -1.77. The standard InChI is InChI=1S/C16H13F4NO6S/c17-7-1-3-8(4-2-7)26-14(28)27-12(16(18,19)20)15-5-9(11(22)23)21(13(24)25)10(15)6-15/h1-4,9-10,12H,5-6H2,(H,22,23)(H,24,25)/t9-,10-,12+,15-/m0/s1. The molecular weight excluding hydrogens is 410 g/mol. The number of thiocarbonyl (C=S) groups is 1. The summed E-state index contributed by atoms with van der Waals surface area (Å²) in [4.78, 5) is 23.1. The Kier molecular flexibility index (Phi) is 4.86. The first-order valence-electron chi connectivity index (χ1n) is 7.90. The molecule has 1 amide bonds. The van der Waals surface area contributed by atoms with Gasteiger partial charge in [0, 0.05) is 23.7 Å². The molecule has 1 aliphatic carbocycles. The molecule has 2 aliphatic rings. The Balaban J connectivity index is 1.80. The molecule has 1 saturated carbocycles. The van der Waals surface area contributed by atoms with Crippen molar-refractivity contribution in [2.45, 2.75) is 37.2 Å². The number of alkyl halides is 3. The summed E-state index contributed by atoms with van der Waals surface area (Å²) in [5.74, 6) is -2.19. The van der Waals surface area contributed by atoms with E-state index in [4.69, 9.17) is 26.8 Å². The molecule has 3 rings (SSSR count). The SMILES string of the molecule is O=C(O)[C@@H]1C[C@]2([C@@H](OC(=S)Oc3ccc(F)cc3)C(F)(F)F)C[C@@H]2N1C(=O)O. The Labute approximate surface area is 160 Å². The number of hydrogen-bond donors (Lipinski definition) is 2.